The van der Waals surface area contributed by atoms with Crippen molar-refractivity contribution in [3.05, 3.63) is 51.8 Å². The number of hydrogen-bond acceptors (Lipinski definition) is 2. The van der Waals surface area contributed by atoms with Crippen LogP contribution in [0.1, 0.15) is 23.5 Å². The molecule has 0 spiro atoms. The molecule has 128 valence electrons. The van der Waals surface area contributed by atoms with Gasteiger partial charge in [-0.2, -0.15) is 5.10 Å². The Morgan fingerprint density at radius 1 is 1.42 bits per heavy atom. The molecule has 24 heavy (non-hydrogen) atoms. The van der Waals surface area contributed by atoms with Crippen LogP contribution in [0.5, 0.6) is 0 Å². The summed E-state index contributed by atoms with van der Waals surface area (Å²) in [6.07, 6.45) is 5.16. The average Bonchev–Trinajstić information content (AvgIpc) is 3.19. The Morgan fingerprint density at radius 3 is 2.92 bits per heavy atom. The molecule has 0 saturated carbocycles. The molecule has 1 aliphatic heterocycles. The van der Waals surface area contributed by atoms with Crippen LogP contribution in [0.15, 0.2) is 35.6 Å². The predicted octanol–water partition coefficient (Wildman–Crippen LogP) is 3.29. The number of hydrogen-bond donors (Lipinski definition) is 1. The maximum absolute atomic E-state index is 6.23. The van der Waals surface area contributed by atoms with E-state index in [0.717, 1.165) is 31.0 Å². The summed E-state index contributed by atoms with van der Waals surface area (Å²) in [5.74, 6) is 1.39. The molecule has 1 fully saturated rings. The minimum absolute atomic E-state index is 0.497. The molecule has 1 aliphatic rings. The van der Waals surface area contributed by atoms with Gasteiger partial charge in [0.2, 0.25) is 0 Å². The fourth-order valence-corrected chi connectivity index (χ4v) is 3.52. The van der Waals surface area contributed by atoms with E-state index in [-0.39, 0.29) is 0 Å². The van der Waals surface area contributed by atoms with E-state index in [4.69, 9.17) is 23.2 Å². The second-order valence-corrected chi connectivity index (χ2v) is 6.86. The first-order valence-corrected chi connectivity index (χ1v) is 8.70. The van der Waals surface area contributed by atoms with E-state index in [9.17, 15) is 0 Å². The number of aryl methyl sites for hydroxylation is 1. The Kier molecular flexibility index (Phi) is 5.31. The molecule has 3 rings (SSSR count). The highest BCUT2D eigenvalue weighted by Gasteiger charge is 2.26. The van der Waals surface area contributed by atoms with Crippen LogP contribution in [0.3, 0.4) is 0 Å². The van der Waals surface area contributed by atoms with E-state index in [0.29, 0.717) is 22.5 Å². The van der Waals surface area contributed by atoms with Gasteiger partial charge in [-0.05, 0) is 29.7 Å². The van der Waals surface area contributed by atoms with Gasteiger partial charge in [-0.3, -0.25) is 9.67 Å². The number of benzene rings is 1. The summed E-state index contributed by atoms with van der Waals surface area (Å²) in [4.78, 5) is 6.69. The minimum atomic E-state index is 0.497. The molecule has 0 amide bonds. The number of nitrogens with one attached hydrogen (secondary N) is 1. The van der Waals surface area contributed by atoms with Gasteiger partial charge in [0.1, 0.15) is 0 Å². The maximum Gasteiger partial charge on any atom is 0.193 e. The van der Waals surface area contributed by atoms with Crippen LogP contribution < -0.4 is 5.32 Å². The van der Waals surface area contributed by atoms with Gasteiger partial charge in [-0.25, -0.2) is 0 Å². The van der Waals surface area contributed by atoms with Crippen LogP contribution in [0.25, 0.3) is 0 Å². The summed E-state index contributed by atoms with van der Waals surface area (Å²) in [5.41, 5.74) is 2.29. The van der Waals surface area contributed by atoms with Crippen LogP contribution in [0, 0.1) is 0 Å². The highest BCUT2D eigenvalue weighted by atomic mass is 35.5. The molecule has 0 radical (unpaired) electrons. The van der Waals surface area contributed by atoms with E-state index in [1.165, 1.54) is 5.56 Å². The Morgan fingerprint density at radius 2 is 2.25 bits per heavy atom. The van der Waals surface area contributed by atoms with E-state index in [1.54, 1.807) is 6.07 Å². The predicted molar refractivity (Wildman–Crippen MR) is 98.8 cm³/mol. The molecule has 7 heteroatoms. The van der Waals surface area contributed by atoms with Crippen LogP contribution in [0.2, 0.25) is 10.0 Å². The van der Waals surface area contributed by atoms with Gasteiger partial charge in [-0.1, -0.05) is 29.3 Å². The molecule has 2 heterocycles. The Hall–Kier alpha value is -1.72. The molecular weight excluding hydrogens is 345 g/mol. The fourth-order valence-electron chi connectivity index (χ4n) is 3.05. The zero-order chi connectivity index (χ0) is 17.1. The number of aromatic nitrogens is 2. The lowest BCUT2D eigenvalue weighted by molar-refractivity contribution is 0.486. The largest absolute Gasteiger partial charge is 0.352 e. The lowest BCUT2D eigenvalue weighted by atomic mass is 10.0. The van der Waals surface area contributed by atoms with Crippen LogP contribution >= 0.6 is 23.2 Å². The van der Waals surface area contributed by atoms with E-state index in [1.807, 2.05) is 37.1 Å². The third-order valence-corrected chi connectivity index (χ3v) is 4.93. The molecule has 1 unspecified atom stereocenters. The lowest BCUT2D eigenvalue weighted by Crippen LogP contribution is -2.39. The van der Waals surface area contributed by atoms with Gasteiger partial charge in [0.05, 0.1) is 6.20 Å². The summed E-state index contributed by atoms with van der Waals surface area (Å²) in [5, 5.41) is 8.98. The first kappa shape index (κ1) is 17.1. The highest BCUT2D eigenvalue weighted by Crippen LogP contribution is 2.27. The van der Waals surface area contributed by atoms with Crippen molar-refractivity contribution in [1.82, 2.24) is 20.0 Å². The van der Waals surface area contributed by atoms with Crippen molar-refractivity contribution >= 4 is 29.2 Å². The molecule has 2 aromatic rings. The number of likely N-dealkylation sites (tertiary alicyclic amines) is 1. The molecule has 0 aliphatic carbocycles. The van der Waals surface area contributed by atoms with Gasteiger partial charge >= 0.3 is 0 Å². The second kappa shape index (κ2) is 7.45. The Labute approximate surface area is 152 Å². The molecule has 1 atom stereocenters. The van der Waals surface area contributed by atoms with Crippen molar-refractivity contribution < 1.29 is 0 Å². The summed E-state index contributed by atoms with van der Waals surface area (Å²) >= 11 is 12.2. The van der Waals surface area contributed by atoms with Crippen molar-refractivity contribution in [2.75, 3.05) is 20.1 Å². The molecule has 1 saturated heterocycles. The first-order valence-electron chi connectivity index (χ1n) is 7.95. The van der Waals surface area contributed by atoms with Gasteiger partial charge in [0.15, 0.2) is 5.96 Å². The number of aliphatic imine (C=N–C) groups is 1. The van der Waals surface area contributed by atoms with Crippen LogP contribution in [0.4, 0.5) is 0 Å². The van der Waals surface area contributed by atoms with E-state index in [2.05, 4.69) is 26.5 Å². The van der Waals surface area contributed by atoms with Crippen molar-refractivity contribution in [3.8, 4) is 0 Å². The summed E-state index contributed by atoms with van der Waals surface area (Å²) in [6, 6.07) is 5.55. The van der Waals surface area contributed by atoms with Crippen molar-refractivity contribution in [1.29, 1.82) is 0 Å². The Bertz CT molecular complexity index is 740. The standard InChI is InChI=1S/C17H21Cl2N5/c1-20-17(21-8-12-3-4-15(18)7-16(12)19)24-6-5-13(11-24)14-9-22-23(2)10-14/h3-4,7,9-10,13H,5-6,8,11H2,1-2H3,(H,20,21). The molecule has 1 N–H and O–H groups in total. The van der Waals surface area contributed by atoms with Crippen LogP contribution in [-0.2, 0) is 13.6 Å². The van der Waals surface area contributed by atoms with E-state index < -0.39 is 0 Å². The first-order chi connectivity index (χ1) is 11.6. The molecule has 1 aromatic heterocycles. The smallest absolute Gasteiger partial charge is 0.193 e. The van der Waals surface area contributed by atoms with Crippen molar-refractivity contribution in [2.24, 2.45) is 12.0 Å². The fraction of sp³-hybridized carbons (Fsp3) is 0.412. The summed E-state index contributed by atoms with van der Waals surface area (Å²) < 4.78 is 1.85. The molecular formula is C17H21Cl2N5. The SMILES string of the molecule is CN=C(NCc1ccc(Cl)cc1Cl)N1CCC(c2cnn(C)c2)C1. The number of guanidine groups is 1. The van der Waals surface area contributed by atoms with Gasteiger partial charge in [-0.15, -0.1) is 0 Å². The van der Waals surface area contributed by atoms with Crippen LogP contribution in [-0.4, -0.2) is 40.8 Å². The maximum atomic E-state index is 6.23. The number of halogens is 2. The summed E-state index contributed by atoms with van der Waals surface area (Å²) in [6.45, 7) is 2.55. The zero-order valence-corrected chi connectivity index (χ0v) is 15.3. The minimum Gasteiger partial charge on any atom is -0.352 e. The quantitative estimate of drug-likeness (QED) is 0.670. The monoisotopic (exact) mass is 365 g/mol. The lowest BCUT2D eigenvalue weighted by Gasteiger charge is -2.22. The van der Waals surface area contributed by atoms with Crippen molar-refractivity contribution in [2.45, 2.75) is 18.9 Å². The van der Waals surface area contributed by atoms with Gasteiger partial charge in [0, 0.05) is 55.9 Å². The zero-order valence-electron chi connectivity index (χ0n) is 13.8. The second-order valence-electron chi connectivity index (χ2n) is 6.02. The summed E-state index contributed by atoms with van der Waals surface area (Å²) in [7, 11) is 3.76. The molecule has 0 bridgehead atoms. The molecule has 1 aromatic carbocycles. The average molecular weight is 366 g/mol. The van der Waals surface area contributed by atoms with Gasteiger partial charge < -0.3 is 10.2 Å². The van der Waals surface area contributed by atoms with Gasteiger partial charge in [0.25, 0.3) is 0 Å². The van der Waals surface area contributed by atoms with E-state index >= 15 is 0 Å². The normalized spacial score (nSPS) is 18.2. The van der Waals surface area contributed by atoms with Crippen molar-refractivity contribution in [3.63, 3.8) is 0 Å². The third-order valence-electron chi connectivity index (χ3n) is 4.35. The topological polar surface area (TPSA) is 45.5 Å². The Balaban J connectivity index is 1.61. The molecule has 5 nitrogen and oxygen atoms in total. The highest BCUT2D eigenvalue weighted by molar-refractivity contribution is 6.35. The third kappa shape index (κ3) is 3.84. The number of nitrogens with zero attached hydrogens (tertiary/aromatic N) is 4. The number of rotatable bonds is 3.